The zero-order chi connectivity index (χ0) is 22.3. The second kappa shape index (κ2) is 10.7. The Kier molecular flexibility index (Phi) is 8.57. The molecule has 4 heteroatoms. The van der Waals surface area contributed by atoms with E-state index in [0.717, 1.165) is 38.2 Å². The van der Waals surface area contributed by atoms with Crippen molar-refractivity contribution in [3.05, 3.63) is 64.0 Å². The van der Waals surface area contributed by atoms with E-state index in [1.807, 2.05) is 6.08 Å². The second-order valence-electron chi connectivity index (χ2n) is 8.92. The molecular weight excluding hydrogens is 380 g/mol. The van der Waals surface area contributed by atoms with Gasteiger partial charge in [-0.05, 0) is 74.3 Å². The molecule has 1 aliphatic carbocycles. The van der Waals surface area contributed by atoms with Gasteiger partial charge in [-0.25, -0.2) is 8.78 Å². The Labute approximate surface area is 180 Å². The lowest BCUT2D eigenvalue weighted by Gasteiger charge is -2.33. The fraction of sp³-hybridized carbons (Fsp3) is 0.500. The Hall–Kier alpha value is -2.23. The number of allylic oxidation sites excluding steroid dienone is 5. The van der Waals surface area contributed by atoms with Crippen molar-refractivity contribution in [3.8, 4) is 0 Å². The number of carbonyl (C=O) groups is 1. The van der Waals surface area contributed by atoms with Gasteiger partial charge in [0.15, 0.2) is 0 Å². The lowest BCUT2D eigenvalue weighted by molar-refractivity contribution is 0.0952. The number of nitrogens with one attached hydrogen (secondary N) is 1. The van der Waals surface area contributed by atoms with Crippen LogP contribution in [0.4, 0.5) is 8.78 Å². The maximum atomic E-state index is 14.9. The van der Waals surface area contributed by atoms with E-state index in [1.165, 1.54) is 29.7 Å². The molecule has 0 saturated heterocycles. The second-order valence-corrected chi connectivity index (χ2v) is 8.92. The minimum atomic E-state index is -0.727. The van der Waals surface area contributed by atoms with Gasteiger partial charge in [-0.1, -0.05) is 51.3 Å². The van der Waals surface area contributed by atoms with Crippen molar-refractivity contribution in [1.29, 1.82) is 0 Å². The molecule has 0 radical (unpaired) electrons. The summed E-state index contributed by atoms with van der Waals surface area (Å²) in [5, 5.41) is 2.77. The van der Waals surface area contributed by atoms with Gasteiger partial charge >= 0.3 is 0 Å². The van der Waals surface area contributed by atoms with Gasteiger partial charge in [0.05, 0.1) is 0 Å². The molecule has 1 aromatic carbocycles. The smallest absolute Gasteiger partial charge is 0.251 e. The molecule has 1 amide bonds. The van der Waals surface area contributed by atoms with E-state index in [0.29, 0.717) is 12.1 Å². The van der Waals surface area contributed by atoms with Crippen LogP contribution < -0.4 is 5.32 Å². The van der Waals surface area contributed by atoms with Crippen LogP contribution in [0.1, 0.15) is 89.1 Å². The first-order valence-corrected chi connectivity index (χ1v) is 11.0. The standard InChI is InChI=1S/C26H35F2NO/c1-6-7-8-16-29-25(30)20-12-13-21(23(27)17-20)24(28)19(3)11-14-22-18(2)10-9-15-26(22,4)5/h11-14,17H,6-10,15-16H2,1-5H3,(H,29,30)/b14-11+,24-19-. The van der Waals surface area contributed by atoms with Crippen LogP contribution in [0.2, 0.25) is 0 Å². The molecule has 1 aromatic rings. The van der Waals surface area contributed by atoms with E-state index in [4.69, 9.17) is 0 Å². The summed E-state index contributed by atoms with van der Waals surface area (Å²) in [6, 6.07) is 3.93. The molecule has 0 aromatic heterocycles. The highest BCUT2D eigenvalue weighted by Crippen LogP contribution is 2.41. The van der Waals surface area contributed by atoms with Crippen LogP contribution in [-0.4, -0.2) is 12.5 Å². The summed E-state index contributed by atoms with van der Waals surface area (Å²) in [6.07, 6.45) is 10.0. The summed E-state index contributed by atoms with van der Waals surface area (Å²) >= 11 is 0. The maximum Gasteiger partial charge on any atom is 0.251 e. The first kappa shape index (κ1) is 24.0. The van der Waals surface area contributed by atoms with Gasteiger partial charge in [0, 0.05) is 17.7 Å². The lowest BCUT2D eigenvalue weighted by atomic mass is 9.72. The maximum absolute atomic E-state index is 14.9. The Morgan fingerprint density at radius 1 is 1.27 bits per heavy atom. The third kappa shape index (κ3) is 6.13. The predicted molar refractivity (Wildman–Crippen MR) is 121 cm³/mol. The first-order chi connectivity index (χ1) is 14.2. The molecule has 2 rings (SSSR count). The quantitative estimate of drug-likeness (QED) is 0.345. The largest absolute Gasteiger partial charge is 0.352 e. The summed E-state index contributed by atoms with van der Waals surface area (Å²) in [5.74, 6) is -1.67. The van der Waals surface area contributed by atoms with Crippen LogP contribution in [0.5, 0.6) is 0 Å². The average molecular weight is 416 g/mol. The number of rotatable bonds is 8. The highest BCUT2D eigenvalue weighted by molar-refractivity contribution is 5.94. The molecule has 2 nitrogen and oxygen atoms in total. The monoisotopic (exact) mass is 415 g/mol. The Morgan fingerprint density at radius 3 is 2.63 bits per heavy atom. The van der Waals surface area contributed by atoms with Crippen molar-refractivity contribution in [2.45, 2.75) is 73.1 Å². The molecule has 0 fully saturated rings. The fourth-order valence-electron chi connectivity index (χ4n) is 4.02. The summed E-state index contributed by atoms with van der Waals surface area (Å²) in [4.78, 5) is 12.1. The molecule has 1 N–H and O–H groups in total. The number of halogens is 2. The third-order valence-corrected chi connectivity index (χ3v) is 5.92. The molecule has 0 atom stereocenters. The van der Waals surface area contributed by atoms with Crippen LogP contribution in [0.3, 0.4) is 0 Å². The third-order valence-electron chi connectivity index (χ3n) is 5.92. The van der Waals surface area contributed by atoms with Gasteiger partial charge in [0.2, 0.25) is 0 Å². The highest BCUT2D eigenvalue weighted by Gasteiger charge is 2.26. The van der Waals surface area contributed by atoms with Crippen molar-refractivity contribution in [2.24, 2.45) is 5.41 Å². The highest BCUT2D eigenvalue weighted by atomic mass is 19.1. The van der Waals surface area contributed by atoms with Crippen molar-refractivity contribution < 1.29 is 13.6 Å². The molecule has 0 saturated carbocycles. The zero-order valence-electron chi connectivity index (χ0n) is 19.0. The van der Waals surface area contributed by atoms with E-state index in [9.17, 15) is 13.6 Å². The molecule has 0 heterocycles. The van der Waals surface area contributed by atoms with Crippen LogP contribution in [0.25, 0.3) is 5.83 Å². The van der Waals surface area contributed by atoms with Crippen molar-refractivity contribution in [2.75, 3.05) is 6.54 Å². The lowest BCUT2D eigenvalue weighted by Crippen LogP contribution is -2.24. The predicted octanol–water partition coefficient (Wildman–Crippen LogP) is 7.53. The molecular formula is C26H35F2NO. The summed E-state index contributed by atoms with van der Waals surface area (Å²) < 4.78 is 29.5. The first-order valence-electron chi connectivity index (χ1n) is 11.0. The molecule has 30 heavy (non-hydrogen) atoms. The SMILES string of the molecule is CCCCCNC(=O)c1ccc(/C(F)=C(C)/C=C/C2=C(C)CCCC2(C)C)c(F)c1. The topological polar surface area (TPSA) is 29.1 Å². The van der Waals surface area contributed by atoms with E-state index < -0.39 is 11.6 Å². The Balaban J connectivity index is 2.18. The molecule has 0 unspecified atom stereocenters. The van der Waals surface area contributed by atoms with Crippen LogP contribution in [0.15, 0.2) is 47.1 Å². The van der Waals surface area contributed by atoms with Gasteiger partial charge in [-0.15, -0.1) is 0 Å². The average Bonchev–Trinajstić information content (AvgIpc) is 2.69. The molecule has 164 valence electrons. The summed E-state index contributed by atoms with van der Waals surface area (Å²) in [6.45, 7) is 10.8. The molecule has 0 aliphatic heterocycles. The fourth-order valence-corrected chi connectivity index (χ4v) is 4.02. The Bertz CT molecular complexity index is 862. The number of benzene rings is 1. The van der Waals surface area contributed by atoms with Crippen LogP contribution >= 0.6 is 0 Å². The Morgan fingerprint density at radius 2 is 2.00 bits per heavy atom. The minimum absolute atomic E-state index is 0.0625. The van der Waals surface area contributed by atoms with Gasteiger partial charge in [-0.3, -0.25) is 4.79 Å². The van der Waals surface area contributed by atoms with Gasteiger partial charge < -0.3 is 5.32 Å². The van der Waals surface area contributed by atoms with E-state index in [-0.39, 0.29) is 22.4 Å². The number of hydrogen-bond acceptors (Lipinski definition) is 1. The molecule has 0 spiro atoms. The number of amides is 1. The van der Waals surface area contributed by atoms with E-state index in [2.05, 4.69) is 33.0 Å². The molecule has 1 aliphatic rings. The van der Waals surface area contributed by atoms with Crippen LogP contribution in [-0.2, 0) is 0 Å². The van der Waals surface area contributed by atoms with E-state index in [1.54, 1.807) is 13.0 Å². The van der Waals surface area contributed by atoms with Gasteiger partial charge in [0.1, 0.15) is 11.6 Å². The number of carbonyl (C=O) groups excluding carboxylic acids is 1. The van der Waals surface area contributed by atoms with Gasteiger partial charge in [-0.2, -0.15) is 0 Å². The van der Waals surface area contributed by atoms with Gasteiger partial charge in [0.25, 0.3) is 5.91 Å². The van der Waals surface area contributed by atoms with Crippen molar-refractivity contribution >= 4 is 11.7 Å². The van der Waals surface area contributed by atoms with Crippen LogP contribution in [0, 0.1) is 11.2 Å². The van der Waals surface area contributed by atoms with Crippen molar-refractivity contribution in [1.82, 2.24) is 5.32 Å². The number of unbranched alkanes of at least 4 members (excludes halogenated alkanes) is 2. The number of hydrogen-bond donors (Lipinski definition) is 1. The van der Waals surface area contributed by atoms with E-state index >= 15 is 0 Å². The summed E-state index contributed by atoms with van der Waals surface area (Å²) in [5.41, 5.74) is 3.08. The van der Waals surface area contributed by atoms with Crippen molar-refractivity contribution in [3.63, 3.8) is 0 Å². The normalized spacial score (nSPS) is 17.3. The molecule has 0 bridgehead atoms. The minimum Gasteiger partial charge on any atom is -0.352 e. The summed E-state index contributed by atoms with van der Waals surface area (Å²) in [7, 11) is 0. The zero-order valence-corrected chi connectivity index (χ0v) is 19.0.